The van der Waals surface area contributed by atoms with Crippen molar-refractivity contribution in [3.8, 4) is 0 Å². The second-order valence-electron chi connectivity index (χ2n) is 7.65. The topological polar surface area (TPSA) is 64.6 Å². The largest absolute Gasteiger partial charge is 0.389 e. The zero-order valence-corrected chi connectivity index (χ0v) is 15.0. The maximum atomic E-state index is 13.3. The molecule has 3 N–H and O–H groups in total. The fourth-order valence-electron chi connectivity index (χ4n) is 3.97. The quantitative estimate of drug-likeness (QED) is 0.773. The Morgan fingerprint density at radius 1 is 1.28 bits per heavy atom. The van der Waals surface area contributed by atoms with Gasteiger partial charge in [-0.3, -0.25) is 15.6 Å². The summed E-state index contributed by atoms with van der Waals surface area (Å²) >= 11 is 0. The number of nitrogens with one attached hydrogen (secondary N) is 2. The Kier molecular flexibility index (Phi) is 5.41. The molecule has 2 aliphatic heterocycles. The second-order valence-corrected chi connectivity index (χ2v) is 7.65. The highest BCUT2D eigenvalue weighted by molar-refractivity contribution is 5.76. The van der Waals surface area contributed by atoms with Gasteiger partial charge in [-0.25, -0.2) is 4.39 Å². The first-order valence-electron chi connectivity index (χ1n) is 9.12. The van der Waals surface area contributed by atoms with Gasteiger partial charge in [0.2, 0.25) is 5.91 Å². The van der Waals surface area contributed by atoms with Crippen molar-refractivity contribution >= 4 is 5.91 Å². The predicted molar refractivity (Wildman–Crippen MR) is 94.2 cm³/mol. The van der Waals surface area contributed by atoms with E-state index in [1.54, 1.807) is 6.07 Å². The molecule has 6 heteroatoms. The van der Waals surface area contributed by atoms with E-state index in [1.807, 2.05) is 11.0 Å². The molecule has 2 unspecified atom stereocenters. The molecule has 1 amide bonds. The van der Waals surface area contributed by atoms with Gasteiger partial charge in [-0.2, -0.15) is 0 Å². The van der Waals surface area contributed by atoms with Gasteiger partial charge >= 0.3 is 0 Å². The number of benzene rings is 1. The Balaban J connectivity index is 1.53. The number of aliphatic hydroxyl groups is 1. The van der Waals surface area contributed by atoms with Crippen molar-refractivity contribution in [2.24, 2.45) is 5.92 Å². The summed E-state index contributed by atoms with van der Waals surface area (Å²) in [5.74, 6) is 0.151. The molecule has 5 nitrogen and oxygen atoms in total. The molecule has 1 aromatic rings. The van der Waals surface area contributed by atoms with Crippen molar-refractivity contribution in [2.75, 3.05) is 13.1 Å². The summed E-state index contributed by atoms with van der Waals surface area (Å²) in [5.41, 5.74) is 6.30. The number of piperidine rings is 1. The first kappa shape index (κ1) is 18.3. The van der Waals surface area contributed by atoms with Crippen molar-refractivity contribution in [3.63, 3.8) is 0 Å². The van der Waals surface area contributed by atoms with Gasteiger partial charge in [-0.1, -0.05) is 12.1 Å². The summed E-state index contributed by atoms with van der Waals surface area (Å²) in [4.78, 5) is 14.5. The van der Waals surface area contributed by atoms with Gasteiger partial charge in [0.05, 0.1) is 5.60 Å². The Morgan fingerprint density at radius 3 is 2.52 bits per heavy atom. The smallest absolute Gasteiger partial charge is 0.222 e. The first-order chi connectivity index (χ1) is 11.9. The van der Waals surface area contributed by atoms with Crippen LogP contribution >= 0.6 is 0 Å². The molecule has 0 spiro atoms. The first-order valence-corrected chi connectivity index (χ1v) is 9.12. The van der Waals surface area contributed by atoms with E-state index >= 15 is 0 Å². The van der Waals surface area contributed by atoms with E-state index in [2.05, 4.69) is 24.7 Å². The SMILES string of the molecule is CC1NNC(C)C1CC(=O)N1CCC(O)(Cc2cccc(F)c2)CC1. The molecule has 0 aromatic heterocycles. The lowest BCUT2D eigenvalue weighted by Gasteiger charge is -2.39. The molecule has 0 aliphatic carbocycles. The summed E-state index contributed by atoms with van der Waals surface area (Å²) < 4.78 is 13.3. The molecule has 2 atom stereocenters. The van der Waals surface area contributed by atoms with Crippen LogP contribution in [0.15, 0.2) is 24.3 Å². The van der Waals surface area contributed by atoms with Crippen LogP contribution in [0.5, 0.6) is 0 Å². The van der Waals surface area contributed by atoms with Gasteiger partial charge in [-0.15, -0.1) is 0 Å². The molecule has 138 valence electrons. The minimum Gasteiger partial charge on any atom is -0.389 e. The Hall–Kier alpha value is -1.50. The van der Waals surface area contributed by atoms with Crippen LogP contribution in [0.3, 0.4) is 0 Å². The minimum atomic E-state index is -0.859. The highest BCUT2D eigenvalue weighted by atomic mass is 19.1. The predicted octanol–water partition coefficient (Wildman–Crippen LogP) is 1.61. The van der Waals surface area contributed by atoms with Crippen LogP contribution in [-0.4, -0.2) is 46.7 Å². The number of nitrogens with zero attached hydrogens (tertiary/aromatic N) is 1. The number of hydrogen-bond acceptors (Lipinski definition) is 4. The van der Waals surface area contributed by atoms with Gasteiger partial charge in [0.15, 0.2) is 0 Å². The van der Waals surface area contributed by atoms with E-state index in [1.165, 1.54) is 12.1 Å². The lowest BCUT2D eigenvalue weighted by molar-refractivity contribution is -0.136. The molecular formula is C19H28FN3O2. The maximum Gasteiger partial charge on any atom is 0.222 e. The Morgan fingerprint density at radius 2 is 1.92 bits per heavy atom. The maximum absolute atomic E-state index is 13.3. The molecule has 2 heterocycles. The van der Waals surface area contributed by atoms with Gasteiger partial charge in [0.1, 0.15) is 5.82 Å². The lowest BCUT2D eigenvalue weighted by Crippen LogP contribution is -2.48. The average molecular weight is 349 g/mol. The van der Waals surface area contributed by atoms with Crippen molar-refractivity contribution in [1.82, 2.24) is 15.8 Å². The lowest BCUT2D eigenvalue weighted by atomic mass is 9.85. The third-order valence-electron chi connectivity index (χ3n) is 5.70. The number of hydrogen-bond donors (Lipinski definition) is 3. The number of halogens is 1. The molecule has 2 aliphatic rings. The van der Waals surface area contributed by atoms with Crippen LogP contribution < -0.4 is 10.9 Å². The summed E-state index contributed by atoms with van der Waals surface area (Å²) in [6.07, 6.45) is 2.00. The van der Waals surface area contributed by atoms with E-state index in [0.717, 1.165) is 5.56 Å². The van der Waals surface area contributed by atoms with Gasteiger partial charge < -0.3 is 10.0 Å². The van der Waals surface area contributed by atoms with Crippen molar-refractivity contribution in [2.45, 2.75) is 57.2 Å². The molecule has 2 fully saturated rings. The second kappa shape index (κ2) is 7.40. The number of carbonyl (C=O) groups excluding carboxylic acids is 1. The van der Waals surface area contributed by atoms with E-state index in [9.17, 15) is 14.3 Å². The number of hydrazine groups is 1. The molecule has 2 saturated heterocycles. The zero-order valence-electron chi connectivity index (χ0n) is 15.0. The molecule has 1 aromatic carbocycles. The summed E-state index contributed by atoms with van der Waals surface area (Å²) in [7, 11) is 0. The standard InChI is InChI=1S/C19H28FN3O2/c1-13-17(14(2)22-21-13)11-18(24)23-8-6-19(25,7-9-23)12-15-4-3-5-16(20)10-15/h3-5,10,13-14,17,21-22,25H,6-9,11-12H2,1-2H3. The summed E-state index contributed by atoms with van der Waals surface area (Å²) in [6.45, 7) is 5.28. The third-order valence-corrected chi connectivity index (χ3v) is 5.70. The highest BCUT2D eigenvalue weighted by Crippen LogP contribution is 2.28. The Bertz CT molecular complexity index is 606. The van der Waals surface area contributed by atoms with E-state index in [4.69, 9.17) is 0 Å². The van der Waals surface area contributed by atoms with Crippen molar-refractivity contribution in [3.05, 3.63) is 35.6 Å². The number of carbonyl (C=O) groups is 1. The monoisotopic (exact) mass is 349 g/mol. The van der Waals surface area contributed by atoms with E-state index < -0.39 is 5.60 Å². The van der Waals surface area contributed by atoms with Gasteiger partial charge in [-0.05, 0) is 44.4 Å². The van der Waals surface area contributed by atoms with Crippen LogP contribution in [-0.2, 0) is 11.2 Å². The third kappa shape index (κ3) is 4.37. The Labute approximate surface area is 148 Å². The molecular weight excluding hydrogens is 321 g/mol. The van der Waals surface area contributed by atoms with Gasteiger partial charge in [0.25, 0.3) is 0 Å². The average Bonchev–Trinajstić information content (AvgIpc) is 2.87. The fourth-order valence-corrected chi connectivity index (χ4v) is 3.97. The van der Waals surface area contributed by atoms with E-state index in [0.29, 0.717) is 38.8 Å². The number of likely N-dealkylation sites (tertiary alicyclic amines) is 1. The van der Waals surface area contributed by atoms with E-state index in [-0.39, 0.29) is 29.7 Å². The van der Waals surface area contributed by atoms with Crippen LogP contribution in [0.1, 0.15) is 38.7 Å². The van der Waals surface area contributed by atoms with Crippen molar-refractivity contribution < 1.29 is 14.3 Å². The molecule has 0 saturated carbocycles. The number of amides is 1. The van der Waals surface area contributed by atoms with Crippen molar-refractivity contribution in [1.29, 1.82) is 0 Å². The fraction of sp³-hybridized carbons (Fsp3) is 0.632. The van der Waals surface area contributed by atoms with Crippen LogP contribution in [0, 0.1) is 11.7 Å². The zero-order chi connectivity index (χ0) is 18.0. The molecule has 25 heavy (non-hydrogen) atoms. The highest BCUT2D eigenvalue weighted by Gasteiger charge is 2.37. The number of rotatable bonds is 4. The van der Waals surface area contributed by atoms with Crippen LogP contribution in [0.2, 0.25) is 0 Å². The van der Waals surface area contributed by atoms with Crippen LogP contribution in [0.25, 0.3) is 0 Å². The van der Waals surface area contributed by atoms with Crippen LogP contribution in [0.4, 0.5) is 4.39 Å². The summed E-state index contributed by atoms with van der Waals surface area (Å²) in [5, 5.41) is 10.8. The minimum absolute atomic E-state index is 0.155. The van der Waals surface area contributed by atoms with Gasteiger partial charge in [0, 0.05) is 43.9 Å². The molecule has 3 rings (SSSR count). The summed E-state index contributed by atoms with van der Waals surface area (Å²) in [6, 6.07) is 6.92. The molecule has 0 radical (unpaired) electrons. The molecule has 0 bridgehead atoms. The normalized spacial score (nSPS) is 29.0.